The fourth-order valence-corrected chi connectivity index (χ4v) is 3.51. The number of halogens is 1. The molecular formula is C22H27ClN4O3. The zero-order chi connectivity index (χ0) is 21.5. The molecule has 8 heteroatoms. The number of anilines is 2. The van der Waals surface area contributed by atoms with Gasteiger partial charge in [-0.3, -0.25) is 14.5 Å². The first kappa shape index (κ1) is 21.9. The van der Waals surface area contributed by atoms with Crippen molar-refractivity contribution in [3.63, 3.8) is 0 Å². The summed E-state index contributed by atoms with van der Waals surface area (Å²) in [5.74, 6) is -0.487. The maximum Gasteiger partial charge on any atom is 0.313 e. The quantitative estimate of drug-likeness (QED) is 0.689. The summed E-state index contributed by atoms with van der Waals surface area (Å²) in [5, 5.41) is 5.80. The van der Waals surface area contributed by atoms with Crippen LogP contribution in [0.2, 0.25) is 5.02 Å². The number of methoxy groups -OCH3 is 1. The van der Waals surface area contributed by atoms with Crippen molar-refractivity contribution < 1.29 is 14.3 Å². The van der Waals surface area contributed by atoms with E-state index in [2.05, 4.69) is 32.6 Å². The van der Waals surface area contributed by atoms with E-state index in [1.54, 1.807) is 25.3 Å². The van der Waals surface area contributed by atoms with E-state index in [1.807, 2.05) is 19.1 Å². The second-order valence-corrected chi connectivity index (χ2v) is 7.63. The third kappa shape index (κ3) is 5.87. The summed E-state index contributed by atoms with van der Waals surface area (Å²) in [6.45, 7) is 6.58. The SMILES string of the molecule is COc1ccc(N2CCN(CCNC(=O)C(=O)Nc3cc(Cl)ccc3C)CC2)cc1. The molecule has 0 bridgehead atoms. The number of aryl methyl sites for hydroxylation is 1. The number of carbonyl (C=O) groups excluding carboxylic acids is 2. The van der Waals surface area contributed by atoms with Crippen LogP contribution in [0.25, 0.3) is 0 Å². The molecule has 0 radical (unpaired) electrons. The average Bonchev–Trinajstić information content (AvgIpc) is 2.76. The number of hydrogen-bond acceptors (Lipinski definition) is 5. The lowest BCUT2D eigenvalue weighted by Crippen LogP contribution is -2.49. The average molecular weight is 431 g/mol. The van der Waals surface area contributed by atoms with Crippen molar-refractivity contribution >= 4 is 34.8 Å². The Morgan fingerprint density at radius 1 is 1.03 bits per heavy atom. The summed E-state index contributed by atoms with van der Waals surface area (Å²) in [5.41, 5.74) is 2.56. The van der Waals surface area contributed by atoms with Gasteiger partial charge in [0.15, 0.2) is 0 Å². The largest absolute Gasteiger partial charge is 0.497 e. The molecule has 0 unspecified atom stereocenters. The van der Waals surface area contributed by atoms with Crippen LogP contribution in [0.3, 0.4) is 0 Å². The van der Waals surface area contributed by atoms with Gasteiger partial charge >= 0.3 is 11.8 Å². The van der Waals surface area contributed by atoms with Gasteiger partial charge in [0, 0.05) is 55.7 Å². The molecular weight excluding hydrogens is 404 g/mol. The van der Waals surface area contributed by atoms with Gasteiger partial charge in [-0.1, -0.05) is 17.7 Å². The fraction of sp³-hybridized carbons (Fsp3) is 0.364. The number of piperazine rings is 1. The van der Waals surface area contributed by atoms with E-state index in [0.717, 1.165) is 37.5 Å². The Morgan fingerprint density at radius 2 is 1.73 bits per heavy atom. The van der Waals surface area contributed by atoms with E-state index >= 15 is 0 Å². The highest BCUT2D eigenvalue weighted by Crippen LogP contribution is 2.21. The molecule has 160 valence electrons. The van der Waals surface area contributed by atoms with Gasteiger partial charge in [0.1, 0.15) is 5.75 Å². The predicted octanol–water partition coefficient (Wildman–Crippen LogP) is 2.53. The molecule has 1 fully saturated rings. The van der Waals surface area contributed by atoms with Gasteiger partial charge in [-0.15, -0.1) is 0 Å². The number of hydrogen-bond donors (Lipinski definition) is 2. The van der Waals surface area contributed by atoms with Gasteiger partial charge in [-0.05, 0) is 48.9 Å². The molecule has 7 nitrogen and oxygen atoms in total. The number of carbonyl (C=O) groups is 2. The first-order valence-corrected chi connectivity index (χ1v) is 10.3. The molecule has 2 aromatic carbocycles. The van der Waals surface area contributed by atoms with Crippen LogP contribution in [-0.4, -0.2) is 63.1 Å². The number of amides is 2. The topological polar surface area (TPSA) is 73.9 Å². The Balaban J connectivity index is 1.38. The molecule has 0 aliphatic carbocycles. The molecule has 1 heterocycles. The number of ether oxygens (including phenoxy) is 1. The molecule has 1 aliphatic heterocycles. The normalized spacial score (nSPS) is 14.3. The summed E-state index contributed by atoms with van der Waals surface area (Å²) in [6, 6.07) is 13.2. The number of benzene rings is 2. The highest BCUT2D eigenvalue weighted by Gasteiger charge is 2.18. The smallest absolute Gasteiger partial charge is 0.313 e. The fourth-order valence-electron chi connectivity index (χ4n) is 3.34. The van der Waals surface area contributed by atoms with Gasteiger partial charge in [0.05, 0.1) is 7.11 Å². The predicted molar refractivity (Wildman–Crippen MR) is 119 cm³/mol. The van der Waals surface area contributed by atoms with Crippen molar-refractivity contribution in [2.24, 2.45) is 0 Å². The standard InChI is InChI=1S/C22H27ClN4O3/c1-16-3-4-17(23)15-20(16)25-22(29)21(28)24-9-10-26-11-13-27(14-12-26)18-5-7-19(30-2)8-6-18/h3-8,15H,9-14H2,1-2H3,(H,24,28)(H,25,29). The zero-order valence-corrected chi connectivity index (χ0v) is 18.0. The van der Waals surface area contributed by atoms with Crippen molar-refractivity contribution in [2.75, 3.05) is 56.6 Å². The zero-order valence-electron chi connectivity index (χ0n) is 17.3. The molecule has 2 N–H and O–H groups in total. The first-order chi connectivity index (χ1) is 14.5. The van der Waals surface area contributed by atoms with E-state index in [0.29, 0.717) is 23.8 Å². The van der Waals surface area contributed by atoms with Crippen LogP contribution < -0.4 is 20.3 Å². The van der Waals surface area contributed by atoms with Gasteiger partial charge in [-0.25, -0.2) is 0 Å². The van der Waals surface area contributed by atoms with E-state index in [4.69, 9.17) is 16.3 Å². The Morgan fingerprint density at radius 3 is 2.40 bits per heavy atom. The molecule has 0 saturated carbocycles. The Kier molecular flexibility index (Phi) is 7.54. The van der Waals surface area contributed by atoms with Crippen LogP contribution >= 0.6 is 11.6 Å². The minimum absolute atomic E-state index is 0.420. The van der Waals surface area contributed by atoms with Crippen LogP contribution in [-0.2, 0) is 9.59 Å². The molecule has 0 atom stereocenters. The lowest BCUT2D eigenvalue weighted by atomic mass is 10.2. The second-order valence-electron chi connectivity index (χ2n) is 7.20. The summed E-state index contributed by atoms with van der Waals surface area (Å²) in [7, 11) is 1.66. The molecule has 1 aliphatic rings. The summed E-state index contributed by atoms with van der Waals surface area (Å²) in [6.07, 6.45) is 0. The van der Waals surface area contributed by atoms with E-state index in [1.165, 1.54) is 5.69 Å². The third-order valence-corrected chi connectivity index (χ3v) is 5.41. The minimum Gasteiger partial charge on any atom is -0.497 e. The second kappa shape index (κ2) is 10.3. The molecule has 2 amide bonds. The third-order valence-electron chi connectivity index (χ3n) is 5.18. The Labute approximate surface area is 181 Å². The molecule has 3 rings (SSSR count). The van der Waals surface area contributed by atoms with Crippen LogP contribution in [0.4, 0.5) is 11.4 Å². The van der Waals surface area contributed by atoms with Crippen molar-refractivity contribution in [3.05, 3.63) is 53.1 Å². The summed E-state index contributed by atoms with van der Waals surface area (Å²) in [4.78, 5) is 28.8. The number of rotatable bonds is 6. The molecule has 1 saturated heterocycles. The summed E-state index contributed by atoms with van der Waals surface area (Å²) < 4.78 is 5.20. The Hall–Kier alpha value is -2.77. The van der Waals surface area contributed by atoms with Gasteiger partial charge in [0.2, 0.25) is 0 Å². The van der Waals surface area contributed by atoms with E-state index < -0.39 is 11.8 Å². The lowest BCUT2D eigenvalue weighted by molar-refractivity contribution is -0.136. The van der Waals surface area contributed by atoms with Crippen LogP contribution in [0.5, 0.6) is 5.75 Å². The minimum atomic E-state index is -0.690. The van der Waals surface area contributed by atoms with Gasteiger partial charge in [-0.2, -0.15) is 0 Å². The van der Waals surface area contributed by atoms with Gasteiger partial charge in [0.25, 0.3) is 0 Å². The Bertz CT molecular complexity index is 880. The highest BCUT2D eigenvalue weighted by atomic mass is 35.5. The van der Waals surface area contributed by atoms with Crippen molar-refractivity contribution in [2.45, 2.75) is 6.92 Å². The first-order valence-electron chi connectivity index (χ1n) is 9.93. The molecule has 0 aromatic heterocycles. The number of nitrogens with one attached hydrogen (secondary N) is 2. The van der Waals surface area contributed by atoms with Crippen molar-refractivity contribution in [1.29, 1.82) is 0 Å². The molecule has 0 spiro atoms. The monoisotopic (exact) mass is 430 g/mol. The maximum atomic E-state index is 12.1. The van der Waals surface area contributed by atoms with Crippen LogP contribution in [0, 0.1) is 6.92 Å². The van der Waals surface area contributed by atoms with E-state index in [-0.39, 0.29) is 0 Å². The summed E-state index contributed by atoms with van der Waals surface area (Å²) >= 11 is 5.95. The van der Waals surface area contributed by atoms with Crippen molar-refractivity contribution in [1.82, 2.24) is 10.2 Å². The van der Waals surface area contributed by atoms with Crippen LogP contribution in [0.1, 0.15) is 5.56 Å². The maximum absolute atomic E-state index is 12.1. The molecule has 30 heavy (non-hydrogen) atoms. The van der Waals surface area contributed by atoms with Crippen molar-refractivity contribution in [3.8, 4) is 5.75 Å². The highest BCUT2D eigenvalue weighted by molar-refractivity contribution is 6.40. The lowest BCUT2D eigenvalue weighted by Gasteiger charge is -2.36. The van der Waals surface area contributed by atoms with Crippen LogP contribution in [0.15, 0.2) is 42.5 Å². The number of nitrogens with zero attached hydrogens (tertiary/aromatic N) is 2. The molecule has 2 aromatic rings. The van der Waals surface area contributed by atoms with Gasteiger partial charge < -0.3 is 20.3 Å². The van der Waals surface area contributed by atoms with E-state index in [9.17, 15) is 9.59 Å².